The lowest BCUT2D eigenvalue weighted by molar-refractivity contribution is 0.317. The summed E-state index contributed by atoms with van der Waals surface area (Å²) in [4.78, 5) is 0. The third-order valence-corrected chi connectivity index (χ3v) is 5.76. The molecule has 4 aromatic carbocycles. The van der Waals surface area contributed by atoms with Crippen LogP contribution in [0.25, 0.3) is 21.9 Å². The number of fused-ring (bicyclic) bond motifs is 1. The smallest absolute Gasteiger partial charge is 0.145 e. The summed E-state index contributed by atoms with van der Waals surface area (Å²) < 4.78 is 48.2. The Morgan fingerprint density at radius 3 is 2.31 bits per heavy atom. The topological polar surface area (TPSA) is 9.23 Å². The zero-order valence-electron chi connectivity index (χ0n) is 17.6. The molecule has 4 aromatic rings. The molecule has 0 fully saturated rings. The van der Waals surface area contributed by atoms with E-state index in [9.17, 15) is 8.78 Å². The molecular formula is C27H22ClF3O. The fourth-order valence-corrected chi connectivity index (χ4v) is 3.84. The third kappa shape index (κ3) is 4.76. The lowest BCUT2D eigenvalue weighted by atomic mass is 9.97. The van der Waals surface area contributed by atoms with Gasteiger partial charge in [0.05, 0.1) is 6.61 Å². The maximum Gasteiger partial charge on any atom is 0.145 e. The Morgan fingerprint density at radius 2 is 1.56 bits per heavy atom. The van der Waals surface area contributed by atoms with Gasteiger partial charge in [0.1, 0.15) is 28.2 Å². The molecule has 1 nitrogen and oxygen atoms in total. The molecule has 0 aliphatic heterocycles. The number of aryl methyl sites for hydroxylation is 2. The zero-order valence-corrected chi connectivity index (χ0v) is 18.4. The van der Waals surface area contributed by atoms with Crippen molar-refractivity contribution in [2.75, 3.05) is 6.61 Å². The van der Waals surface area contributed by atoms with Crippen molar-refractivity contribution in [1.29, 1.82) is 0 Å². The van der Waals surface area contributed by atoms with Crippen LogP contribution in [0.5, 0.6) is 5.75 Å². The number of hydrogen-bond acceptors (Lipinski definition) is 1. The van der Waals surface area contributed by atoms with E-state index in [0.29, 0.717) is 36.0 Å². The third-order valence-electron chi connectivity index (χ3n) is 5.40. The van der Waals surface area contributed by atoms with E-state index in [1.54, 1.807) is 12.1 Å². The van der Waals surface area contributed by atoms with Crippen molar-refractivity contribution in [3.8, 4) is 16.9 Å². The molecule has 0 aromatic heterocycles. The first kappa shape index (κ1) is 22.2. The molecule has 0 radical (unpaired) electrons. The summed E-state index contributed by atoms with van der Waals surface area (Å²) in [5.41, 5.74) is 2.90. The van der Waals surface area contributed by atoms with Gasteiger partial charge in [-0.15, -0.1) is 0 Å². The summed E-state index contributed by atoms with van der Waals surface area (Å²) in [6, 6.07) is 19.4. The molecule has 0 N–H and O–H groups in total. The molecule has 4 rings (SSSR count). The van der Waals surface area contributed by atoms with Gasteiger partial charge >= 0.3 is 0 Å². The fourth-order valence-electron chi connectivity index (χ4n) is 3.73. The Hall–Kier alpha value is -2.98. The molecule has 0 saturated heterocycles. The van der Waals surface area contributed by atoms with E-state index in [1.165, 1.54) is 12.1 Å². The van der Waals surface area contributed by atoms with Crippen LogP contribution in [-0.4, -0.2) is 6.61 Å². The molecule has 164 valence electrons. The maximum absolute atomic E-state index is 15.1. The standard InChI is InChI=1S/C27H22ClF3O/c1-2-12-32-22-5-3-4-19(16-22)20-10-11-23-21(15-20)9-8-18(27(23)31)7-6-17-13-24(29)26(28)25(30)14-17/h3-5,8-11,13-16H,2,6-7,12H2,1H3. The van der Waals surface area contributed by atoms with Crippen LogP contribution >= 0.6 is 11.6 Å². The monoisotopic (exact) mass is 454 g/mol. The molecule has 0 spiro atoms. The molecule has 0 aliphatic carbocycles. The molecule has 0 unspecified atom stereocenters. The average Bonchev–Trinajstić information content (AvgIpc) is 2.80. The lowest BCUT2D eigenvalue weighted by Crippen LogP contribution is -1.98. The van der Waals surface area contributed by atoms with Crippen LogP contribution in [0, 0.1) is 17.5 Å². The van der Waals surface area contributed by atoms with Crippen LogP contribution in [0.1, 0.15) is 24.5 Å². The summed E-state index contributed by atoms with van der Waals surface area (Å²) in [7, 11) is 0. The Labute approximate surface area is 190 Å². The molecule has 5 heteroatoms. The summed E-state index contributed by atoms with van der Waals surface area (Å²) >= 11 is 5.53. The van der Waals surface area contributed by atoms with E-state index in [-0.39, 0.29) is 5.82 Å². The minimum Gasteiger partial charge on any atom is -0.494 e. The van der Waals surface area contributed by atoms with Gasteiger partial charge in [-0.1, -0.05) is 54.9 Å². The normalized spacial score (nSPS) is 11.2. The second-order valence-electron chi connectivity index (χ2n) is 7.72. The number of ether oxygens (including phenoxy) is 1. The van der Waals surface area contributed by atoms with Crippen molar-refractivity contribution in [1.82, 2.24) is 0 Å². The zero-order chi connectivity index (χ0) is 22.7. The number of rotatable bonds is 7. The van der Waals surface area contributed by atoms with Crippen LogP contribution < -0.4 is 4.74 Å². The molecule has 0 saturated carbocycles. The number of halogens is 4. The van der Waals surface area contributed by atoms with E-state index in [4.69, 9.17) is 16.3 Å². The van der Waals surface area contributed by atoms with Crippen molar-refractivity contribution >= 4 is 22.4 Å². The Balaban J connectivity index is 1.57. The second kappa shape index (κ2) is 9.66. The SMILES string of the molecule is CCCOc1cccc(-c2ccc3c(F)c(CCc4cc(F)c(Cl)c(F)c4)ccc3c2)c1. The van der Waals surface area contributed by atoms with Gasteiger partial charge in [0.15, 0.2) is 0 Å². The molecule has 0 bridgehead atoms. The van der Waals surface area contributed by atoms with Crippen molar-refractivity contribution in [3.05, 3.63) is 100 Å². The van der Waals surface area contributed by atoms with Crippen LogP contribution in [0.3, 0.4) is 0 Å². The highest BCUT2D eigenvalue weighted by Gasteiger charge is 2.12. The van der Waals surface area contributed by atoms with Gasteiger partial charge in [-0.2, -0.15) is 0 Å². The van der Waals surface area contributed by atoms with Crippen molar-refractivity contribution in [2.45, 2.75) is 26.2 Å². The first-order chi connectivity index (χ1) is 15.5. The van der Waals surface area contributed by atoms with Gasteiger partial charge in [0.25, 0.3) is 0 Å². The first-order valence-corrected chi connectivity index (χ1v) is 10.9. The highest BCUT2D eigenvalue weighted by molar-refractivity contribution is 6.30. The van der Waals surface area contributed by atoms with Gasteiger partial charge in [-0.05, 0) is 77.2 Å². The van der Waals surface area contributed by atoms with Gasteiger partial charge in [-0.3, -0.25) is 0 Å². The first-order valence-electron chi connectivity index (χ1n) is 10.5. The van der Waals surface area contributed by atoms with E-state index in [0.717, 1.165) is 28.7 Å². The average molecular weight is 455 g/mol. The minimum atomic E-state index is -0.808. The Morgan fingerprint density at radius 1 is 0.812 bits per heavy atom. The van der Waals surface area contributed by atoms with Crippen LogP contribution in [0.15, 0.2) is 66.7 Å². The van der Waals surface area contributed by atoms with Crippen LogP contribution in [-0.2, 0) is 12.8 Å². The predicted molar refractivity (Wildman–Crippen MR) is 124 cm³/mol. The van der Waals surface area contributed by atoms with E-state index in [2.05, 4.69) is 6.92 Å². The van der Waals surface area contributed by atoms with Crippen molar-refractivity contribution in [2.24, 2.45) is 0 Å². The maximum atomic E-state index is 15.1. The summed E-state index contributed by atoms with van der Waals surface area (Å²) in [6.07, 6.45) is 1.56. The van der Waals surface area contributed by atoms with E-state index < -0.39 is 16.7 Å². The minimum absolute atomic E-state index is 0.302. The van der Waals surface area contributed by atoms with Crippen molar-refractivity contribution in [3.63, 3.8) is 0 Å². The summed E-state index contributed by atoms with van der Waals surface area (Å²) in [6.45, 7) is 2.71. The molecule has 32 heavy (non-hydrogen) atoms. The summed E-state index contributed by atoms with van der Waals surface area (Å²) in [5, 5.41) is 0.772. The number of hydrogen-bond donors (Lipinski definition) is 0. The molecular weight excluding hydrogens is 433 g/mol. The highest BCUT2D eigenvalue weighted by atomic mass is 35.5. The molecule has 0 heterocycles. The summed E-state index contributed by atoms with van der Waals surface area (Å²) in [5.74, 6) is -1.13. The van der Waals surface area contributed by atoms with Crippen molar-refractivity contribution < 1.29 is 17.9 Å². The fraction of sp³-hybridized carbons (Fsp3) is 0.185. The van der Waals surface area contributed by atoms with Gasteiger partial charge < -0.3 is 4.74 Å². The molecule has 0 aliphatic rings. The quantitative estimate of drug-likeness (QED) is 0.256. The second-order valence-corrected chi connectivity index (χ2v) is 8.10. The largest absolute Gasteiger partial charge is 0.494 e. The Bertz CT molecular complexity index is 1250. The Kier molecular flexibility index (Phi) is 6.71. The van der Waals surface area contributed by atoms with Gasteiger partial charge in [0.2, 0.25) is 0 Å². The van der Waals surface area contributed by atoms with E-state index >= 15 is 4.39 Å². The lowest BCUT2D eigenvalue weighted by Gasteiger charge is -2.11. The molecule has 0 atom stereocenters. The van der Waals surface area contributed by atoms with E-state index in [1.807, 2.05) is 42.5 Å². The van der Waals surface area contributed by atoms with Gasteiger partial charge in [-0.25, -0.2) is 13.2 Å². The molecule has 0 amide bonds. The number of benzene rings is 4. The van der Waals surface area contributed by atoms with Crippen LogP contribution in [0.4, 0.5) is 13.2 Å². The van der Waals surface area contributed by atoms with Gasteiger partial charge in [0, 0.05) is 5.39 Å². The van der Waals surface area contributed by atoms with Crippen LogP contribution in [0.2, 0.25) is 5.02 Å². The highest BCUT2D eigenvalue weighted by Crippen LogP contribution is 2.30. The predicted octanol–water partition coefficient (Wildman–Crippen LogP) is 8.15.